The second-order valence-electron chi connectivity index (χ2n) is 9.09. The Balaban J connectivity index is 2.48. The molecule has 0 saturated carbocycles. The molecular formula is C26H38N4O4S. The fourth-order valence-corrected chi connectivity index (χ4v) is 4.63. The lowest BCUT2D eigenvalue weighted by Gasteiger charge is -2.33. The summed E-state index contributed by atoms with van der Waals surface area (Å²) in [6.45, 7) is 8.96. The molecule has 1 N–H and O–H groups in total. The minimum absolute atomic E-state index is 0.0424. The van der Waals surface area contributed by atoms with E-state index in [-0.39, 0.29) is 18.5 Å². The van der Waals surface area contributed by atoms with Gasteiger partial charge >= 0.3 is 10.2 Å². The first-order valence-corrected chi connectivity index (χ1v) is 13.2. The number of amides is 2. The second-order valence-corrected chi connectivity index (χ2v) is 11.2. The van der Waals surface area contributed by atoms with Crippen molar-refractivity contribution in [3.05, 3.63) is 65.2 Å². The van der Waals surface area contributed by atoms with Crippen LogP contribution in [0.3, 0.4) is 0 Å². The molecular weight excluding hydrogens is 464 g/mol. The summed E-state index contributed by atoms with van der Waals surface area (Å²) in [6, 6.07) is 14.0. The molecule has 0 aliphatic rings. The smallest absolute Gasteiger partial charge is 0.304 e. The quantitative estimate of drug-likeness (QED) is 0.511. The predicted octanol–water partition coefficient (Wildman–Crippen LogP) is 3.25. The minimum atomic E-state index is -3.98. The maximum atomic E-state index is 13.7. The lowest BCUT2D eigenvalue weighted by molar-refractivity contribution is -0.139. The average Bonchev–Trinajstić information content (AvgIpc) is 2.82. The van der Waals surface area contributed by atoms with Gasteiger partial charge in [0, 0.05) is 26.7 Å². The molecule has 9 heteroatoms. The summed E-state index contributed by atoms with van der Waals surface area (Å²) in [5.41, 5.74) is 2.88. The van der Waals surface area contributed by atoms with E-state index >= 15 is 0 Å². The van der Waals surface area contributed by atoms with E-state index in [4.69, 9.17) is 0 Å². The molecule has 0 aliphatic carbocycles. The first kappa shape index (κ1) is 28.3. The molecule has 0 radical (unpaired) electrons. The summed E-state index contributed by atoms with van der Waals surface area (Å²) < 4.78 is 28.8. The first-order chi connectivity index (χ1) is 16.4. The molecule has 0 unspecified atom stereocenters. The number of rotatable bonds is 11. The number of carbonyl (C=O) groups excluding carboxylic acids is 2. The Labute approximate surface area is 210 Å². The van der Waals surface area contributed by atoms with Gasteiger partial charge in [0.1, 0.15) is 12.6 Å². The van der Waals surface area contributed by atoms with Gasteiger partial charge in [-0.2, -0.15) is 12.7 Å². The van der Waals surface area contributed by atoms with Crippen molar-refractivity contribution in [1.29, 1.82) is 0 Å². The van der Waals surface area contributed by atoms with Gasteiger partial charge in [0.2, 0.25) is 11.8 Å². The minimum Gasteiger partial charge on any atom is -0.352 e. The van der Waals surface area contributed by atoms with Crippen LogP contribution < -0.4 is 9.62 Å². The molecule has 192 valence electrons. The number of benzene rings is 2. The summed E-state index contributed by atoms with van der Waals surface area (Å²) in [6.07, 6.45) is 0.757. The van der Waals surface area contributed by atoms with Crippen LogP contribution in [0.5, 0.6) is 0 Å². The van der Waals surface area contributed by atoms with Crippen molar-refractivity contribution in [3.63, 3.8) is 0 Å². The van der Waals surface area contributed by atoms with Crippen molar-refractivity contribution >= 4 is 27.7 Å². The van der Waals surface area contributed by atoms with Crippen molar-refractivity contribution in [2.75, 3.05) is 24.9 Å². The molecule has 2 aromatic carbocycles. The van der Waals surface area contributed by atoms with Gasteiger partial charge in [0.15, 0.2) is 0 Å². The van der Waals surface area contributed by atoms with Crippen LogP contribution in [0.2, 0.25) is 0 Å². The lowest BCUT2D eigenvalue weighted by atomic mass is 10.1. The van der Waals surface area contributed by atoms with Crippen LogP contribution in [0, 0.1) is 13.8 Å². The molecule has 0 spiro atoms. The van der Waals surface area contributed by atoms with Crippen LogP contribution in [-0.2, 0) is 26.3 Å². The van der Waals surface area contributed by atoms with E-state index in [9.17, 15) is 18.0 Å². The van der Waals surface area contributed by atoms with E-state index in [0.717, 1.165) is 31.7 Å². The van der Waals surface area contributed by atoms with Crippen LogP contribution in [0.1, 0.15) is 43.9 Å². The second kappa shape index (κ2) is 12.2. The lowest BCUT2D eigenvalue weighted by Crippen LogP contribution is -2.53. The number of nitrogens with zero attached hydrogens (tertiary/aromatic N) is 3. The molecule has 0 aliphatic heterocycles. The molecule has 2 rings (SSSR count). The van der Waals surface area contributed by atoms with Gasteiger partial charge < -0.3 is 10.2 Å². The first-order valence-electron chi connectivity index (χ1n) is 11.8. The van der Waals surface area contributed by atoms with Gasteiger partial charge in [0.25, 0.3) is 0 Å². The van der Waals surface area contributed by atoms with Crippen LogP contribution in [0.15, 0.2) is 48.5 Å². The third-order valence-corrected chi connectivity index (χ3v) is 7.82. The fraction of sp³-hybridized carbons (Fsp3) is 0.462. The van der Waals surface area contributed by atoms with Crippen molar-refractivity contribution in [3.8, 4) is 0 Å². The van der Waals surface area contributed by atoms with Crippen LogP contribution >= 0.6 is 0 Å². The normalized spacial score (nSPS) is 13.3. The highest BCUT2D eigenvalue weighted by Crippen LogP contribution is 2.26. The highest BCUT2D eigenvalue weighted by Gasteiger charge is 2.33. The average molecular weight is 503 g/mol. The maximum absolute atomic E-state index is 13.7. The van der Waals surface area contributed by atoms with Crippen molar-refractivity contribution in [1.82, 2.24) is 14.5 Å². The number of carbonyl (C=O) groups is 2. The number of hydrogen-bond acceptors (Lipinski definition) is 4. The zero-order valence-electron chi connectivity index (χ0n) is 21.8. The molecule has 0 heterocycles. The predicted molar refractivity (Wildman–Crippen MR) is 140 cm³/mol. The Morgan fingerprint density at radius 1 is 1.00 bits per heavy atom. The third kappa shape index (κ3) is 7.29. The van der Waals surface area contributed by atoms with Crippen LogP contribution in [0.25, 0.3) is 0 Å². The van der Waals surface area contributed by atoms with Gasteiger partial charge in [0.05, 0.1) is 5.69 Å². The number of hydrogen-bond donors (Lipinski definition) is 1. The molecule has 2 atom stereocenters. The van der Waals surface area contributed by atoms with E-state index in [0.29, 0.717) is 5.69 Å². The van der Waals surface area contributed by atoms with E-state index in [1.165, 1.54) is 19.0 Å². The molecule has 0 aromatic heterocycles. The van der Waals surface area contributed by atoms with Crippen molar-refractivity contribution in [2.45, 2.75) is 59.7 Å². The zero-order chi connectivity index (χ0) is 26.3. The van der Waals surface area contributed by atoms with Gasteiger partial charge in [-0.3, -0.25) is 9.59 Å². The molecule has 2 aromatic rings. The zero-order valence-corrected chi connectivity index (χ0v) is 22.6. The summed E-state index contributed by atoms with van der Waals surface area (Å²) in [4.78, 5) is 28.1. The van der Waals surface area contributed by atoms with Gasteiger partial charge in [-0.1, -0.05) is 49.4 Å². The van der Waals surface area contributed by atoms with Gasteiger partial charge in [-0.05, 0) is 56.9 Å². The Kier molecular flexibility index (Phi) is 9.85. The highest BCUT2D eigenvalue weighted by molar-refractivity contribution is 7.90. The van der Waals surface area contributed by atoms with E-state index in [1.807, 2.05) is 63.2 Å². The topological polar surface area (TPSA) is 90.0 Å². The summed E-state index contributed by atoms with van der Waals surface area (Å²) in [5.74, 6) is -0.746. The molecule has 2 amide bonds. The Morgan fingerprint density at radius 2 is 1.63 bits per heavy atom. The van der Waals surface area contributed by atoms with Crippen LogP contribution in [-0.4, -0.2) is 62.2 Å². The summed E-state index contributed by atoms with van der Waals surface area (Å²) >= 11 is 0. The van der Waals surface area contributed by atoms with Gasteiger partial charge in [-0.25, -0.2) is 4.31 Å². The van der Waals surface area contributed by atoms with E-state index < -0.39 is 28.7 Å². The SMILES string of the molecule is CC[C@H](C)NC(=O)[C@H](C)N(Cc1ccccc1)C(=O)CN(c1cc(C)ccc1C)S(=O)(=O)N(C)C. The van der Waals surface area contributed by atoms with Gasteiger partial charge in [-0.15, -0.1) is 0 Å². The molecule has 8 nitrogen and oxygen atoms in total. The molecule has 0 saturated heterocycles. The number of anilines is 1. The Bertz CT molecular complexity index is 1120. The fourth-order valence-electron chi connectivity index (χ4n) is 3.52. The number of aryl methyl sites for hydroxylation is 2. The Hall–Kier alpha value is -2.91. The van der Waals surface area contributed by atoms with E-state index in [1.54, 1.807) is 19.9 Å². The standard InChI is InChI=1S/C26H38N4O4S/c1-8-21(4)27-26(32)22(5)29(17-23-12-10-9-11-13-23)25(31)18-30(35(33,34)28(6)7)24-16-19(2)14-15-20(24)3/h9-16,21-22H,8,17-18H2,1-7H3,(H,27,32)/t21-,22-/m0/s1. The number of nitrogens with one attached hydrogen (secondary N) is 1. The summed E-state index contributed by atoms with van der Waals surface area (Å²) in [7, 11) is -1.12. The third-order valence-electron chi connectivity index (χ3n) is 6.02. The van der Waals surface area contributed by atoms with E-state index in [2.05, 4.69) is 5.32 Å². The highest BCUT2D eigenvalue weighted by atomic mass is 32.2. The monoisotopic (exact) mass is 502 g/mol. The largest absolute Gasteiger partial charge is 0.352 e. The maximum Gasteiger partial charge on any atom is 0.304 e. The van der Waals surface area contributed by atoms with Crippen molar-refractivity contribution in [2.24, 2.45) is 0 Å². The molecule has 0 bridgehead atoms. The van der Waals surface area contributed by atoms with Crippen LogP contribution in [0.4, 0.5) is 5.69 Å². The van der Waals surface area contributed by atoms with Crippen molar-refractivity contribution < 1.29 is 18.0 Å². The Morgan fingerprint density at radius 3 is 2.20 bits per heavy atom. The molecule has 0 fully saturated rings. The summed E-state index contributed by atoms with van der Waals surface area (Å²) in [5, 5.41) is 2.93. The molecule has 35 heavy (non-hydrogen) atoms.